The van der Waals surface area contributed by atoms with Gasteiger partial charge in [-0.25, -0.2) is 0 Å². The van der Waals surface area contributed by atoms with E-state index in [1.807, 2.05) is 0 Å². The van der Waals surface area contributed by atoms with Gasteiger partial charge in [0, 0.05) is 5.02 Å². The molecule has 2 aromatic rings. The molecule has 0 saturated carbocycles. The van der Waals surface area contributed by atoms with E-state index in [0.717, 1.165) is 0 Å². The van der Waals surface area contributed by atoms with Gasteiger partial charge in [-0.05, 0) is 40.2 Å². The number of nitrogens with one attached hydrogen (secondary N) is 1. The van der Waals surface area contributed by atoms with Gasteiger partial charge in [-0.3, -0.25) is 4.79 Å². The number of ether oxygens (including phenoxy) is 1. The van der Waals surface area contributed by atoms with Gasteiger partial charge < -0.3 is 10.1 Å². The minimum atomic E-state index is -0.401. The fraction of sp³-hybridized carbons (Fsp3) is 0.0714. The average Bonchev–Trinajstić information content (AvgIpc) is 2.42. The van der Waals surface area contributed by atoms with Crippen LogP contribution >= 0.6 is 62.3 Å². The van der Waals surface area contributed by atoms with Crippen molar-refractivity contribution in [1.82, 2.24) is 0 Å². The molecule has 0 radical (unpaired) electrons. The standard InChI is InChI=1S/C14H8BrCl4NO2/c15-8-4-7(16)5-10(18)14(8)22-6-12(21)20-11-3-1-2-9(17)13(11)19/h1-5H,6H2,(H,20,21). The van der Waals surface area contributed by atoms with Gasteiger partial charge in [0.25, 0.3) is 5.91 Å². The van der Waals surface area contributed by atoms with Crippen molar-refractivity contribution in [2.75, 3.05) is 11.9 Å². The first-order valence-corrected chi connectivity index (χ1v) is 8.20. The van der Waals surface area contributed by atoms with Crippen LogP contribution in [-0.2, 0) is 4.79 Å². The molecule has 0 aliphatic heterocycles. The molecule has 116 valence electrons. The third kappa shape index (κ3) is 4.43. The van der Waals surface area contributed by atoms with Gasteiger partial charge in [0.15, 0.2) is 12.4 Å². The molecule has 0 heterocycles. The largest absolute Gasteiger partial charge is 0.481 e. The van der Waals surface area contributed by atoms with Crippen molar-refractivity contribution in [1.29, 1.82) is 0 Å². The van der Waals surface area contributed by atoms with E-state index < -0.39 is 5.91 Å². The number of anilines is 1. The van der Waals surface area contributed by atoms with Crippen molar-refractivity contribution in [2.24, 2.45) is 0 Å². The highest BCUT2D eigenvalue weighted by Gasteiger charge is 2.12. The van der Waals surface area contributed by atoms with Crippen molar-refractivity contribution in [3.63, 3.8) is 0 Å². The van der Waals surface area contributed by atoms with Crippen molar-refractivity contribution in [3.8, 4) is 5.75 Å². The smallest absolute Gasteiger partial charge is 0.262 e. The van der Waals surface area contributed by atoms with E-state index in [0.29, 0.717) is 31.0 Å². The zero-order valence-electron chi connectivity index (χ0n) is 10.8. The summed E-state index contributed by atoms with van der Waals surface area (Å²) in [6, 6.07) is 8.08. The lowest BCUT2D eigenvalue weighted by atomic mass is 10.3. The number of carbonyl (C=O) groups is 1. The Balaban J connectivity index is 2.03. The van der Waals surface area contributed by atoms with Crippen LogP contribution in [0.2, 0.25) is 20.1 Å². The summed E-state index contributed by atoms with van der Waals surface area (Å²) in [5.41, 5.74) is 0.407. The number of benzene rings is 2. The topological polar surface area (TPSA) is 38.3 Å². The Labute approximate surface area is 155 Å². The van der Waals surface area contributed by atoms with Crippen molar-refractivity contribution < 1.29 is 9.53 Å². The van der Waals surface area contributed by atoms with E-state index in [-0.39, 0.29) is 11.6 Å². The number of rotatable bonds is 4. The lowest BCUT2D eigenvalue weighted by Gasteiger charge is -2.11. The molecule has 3 nitrogen and oxygen atoms in total. The number of halogens is 5. The Morgan fingerprint density at radius 1 is 1.14 bits per heavy atom. The van der Waals surface area contributed by atoms with Crippen molar-refractivity contribution >= 4 is 73.9 Å². The van der Waals surface area contributed by atoms with E-state index in [9.17, 15) is 4.79 Å². The first-order valence-electron chi connectivity index (χ1n) is 5.89. The molecule has 1 amide bonds. The van der Waals surface area contributed by atoms with Crippen LogP contribution in [0.1, 0.15) is 0 Å². The number of amides is 1. The van der Waals surface area contributed by atoms with E-state index in [1.54, 1.807) is 24.3 Å². The summed E-state index contributed by atoms with van der Waals surface area (Å²) < 4.78 is 5.96. The quantitative estimate of drug-likeness (QED) is 0.621. The highest BCUT2D eigenvalue weighted by molar-refractivity contribution is 9.10. The minimum Gasteiger partial charge on any atom is -0.481 e. The summed E-state index contributed by atoms with van der Waals surface area (Å²) in [5.74, 6) is -0.0690. The predicted octanol–water partition coefficient (Wildman–Crippen LogP) is 6.08. The lowest BCUT2D eigenvalue weighted by Crippen LogP contribution is -2.20. The van der Waals surface area contributed by atoms with Gasteiger partial charge in [0.1, 0.15) is 0 Å². The number of hydrogen-bond donors (Lipinski definition) is 1. The van der Waals surface area contributed by atoms with Gasteiger partial charge in [0.05, 0.1) is 25.2 Å². The number of carbonyl (C=O) groups excluding carboxylic acids is 1. The summed E-state index contributed by atoms with van der Waals surface area (Å²) in [5, 5.41) is 3.98. The third-order valence-electron chi connectivity index (χ3n) is 2.54. The molecule has 0 aliphatic rings. The van der Waals surface area contributed by atoms with Crippen LogP contribution in [0.4, 0.5) is 5.69 Å². The van der Waals surface area contributed by atoms with Crippen molar-refractivity contribution in [3.05, 3.63) is 54.9 Å². The van der Waals surface area contributed by atoms with Crippen molar-refractivity contribution in [2.45, 2.75) is 0 Å². The molecular weight excluding hydrogens is 436 g/mol. The van der Waals surface area contributed by atoms with E-state index in [2.05, 4.69) is 21.2 Å². The first-order chi connectivity index (χ1) is 10.4. The monoisotopic (exact) mass is 441 g/mol. The summed E-state index contributed by atoms with van der Waals surface area (Å²) in [6.45, 7) is -0.247. The Hall–Kier alpha value is -0.650. The Bertz CT molecular complexity index is 701. The average molecular weight is 444 g/mol. The lowest BCUT2D eigenvalue weighted by molar-refractivity contribution is -0.118. The Morgan fingerprint density at radius 3 is 2.55 bits per heavy atom. The molecule has 0 saturated heterocycles. The van der Waals surface area contributed by atoms with Crippen LogP contribution in [0.5, 0.6) is 5.75 Å². The molecule has 0 unspecified atom stereocenters. The highest BCUT2D eigenvalue weighted by Crippen LogP contribution is 2.36. The molecule has 22 heavy (non-hydrogen) atoms. The van der Waals surface area contributed by atoms with E-state index in [4.69, 9.17) is 51.1 Å². The van der Waals surface area contributed by atoms with Gasteiger partial charge in [-0.15, -0.1) is 0 Å². The zero-order chi connectivity index (χ0) is 16.3. The molecule has 0 fully saturated rings. The molecule has 0 aliphatic carbocycles. The molecule has 0 spiro atoms. The Morgan fingerprint density at radius 2 is 1.86 bits per heavy atom. The molecule has 8 heteroatoms. The second kappa shape index (κ2) is 7.75. The van der Waals surface area contributed by atoms with Gasteiger partial charge in [-0.2, -0.15) is 0 Å². The summed E-state index contributed by atoms with van der Waals surface area (Å²) in [4.78, 5) is 11.9. The van der Waals surface area contributed by atoms with Gasteiger partial charge >= 0.3 is 0 Å². The molecule has 0 aromatic heterocycles. The van der Waals surface area contributed by atoms with Gasteiger partial charge in [0.2, 0.25) is 0 Å². The summed E-state index contributed by atoms with van der Waals surface area (Å²) in [6.07, 6.45) is 0. The molecule has 0 bridgehead atoms. The summed E-state index contributed by atoms with van der Waals surface area (Å²) >= 11 is 27.0. The van der Waals surface area contributed by atoms with Crippen LogP contribution in [0, 0.1) is 0 Å². The molecule has 0 atom stereocenters. The number of hydrogen-bond acceptors (Lipinski definition) is 2. The molecule has 2 aromatic carbocycles. The minimum absolute atomic E-state index is 0.247. The predicted molar refractivity (Wildman–Crippen MR) is 94.7 cm³/mol. The maximum Gasteiger partial charge on any atom is 0.262 e. The highest BCUT2D eigenvalue weighted by atomic mass is 79.9. The second-order valence-corrected chi connectivity index (χ2v) is 6.62. The molecular formula is C14H8BrCl4NO2. The normalized spacial score (nSPS) is 10.4. The van der Waals surface area contributed by atoms with Gasteiger partial charge in [-0.1, -0.05) is 52.5 Å². The molecule has 2 rings (SSSR count). The third-order valence-corrected chi connectivity index (χ3v) is 4.44. The van der Waals surface area contributed by atoms with Crippen LogP contribution in [-0.4, -0.2) is 12.5 Å². The first kappa shape index (κ1) is 17.7. The van der Waals surface area contributed by atoms with Crippen LogP contribution in [0.25, 0.3) is 0 Å². The van der Waals surface area contributed by atoms with Crippen LogP contribution in [0.3, 0.4) is 0 Å². The Kier molecular flexibility index (Phi) is 6.24. The van der Waals surface area contributed by atoms with E-state index in [1.165, 1.54) is 6.07 Å². The summed E-state index contributed by atoms with van der Waals surface area (Å²) in [7, 11) is 0. The van der Waals surface area contributed by atoms with Crippen LogP contribution in [0.15, 0.2) is 34.8 Å². The van der Waals surface area contributed by atoms with E-state index >= 15 is 0 Å². The zero-order valence-corrected chi connectivity index (χ0v) is 15.4. The van der Waals surface area contributed by atoms with Crippen LogP contribution < -0.4 is 10.1 Å². The maximum absolute atomic E-state index is 11.9. The fourth-order valence-corrected chi connectivity index (χ4v) is 3.31. The SMILES string of the molecule is O=C(COc1c(Cl)cc(Cl)cc1Br)Nc1cccc(Cl)c1Cl. The fourth-order valence-electron chi connectivity index (χ4n) is 1.59. The second-order valence-electron chi connectivity index (χ2n) is 4.14. The maximum atomic E-state index is 11.9. The molecule has 1 N–H and O–H groups in total.